The van der Waals surface area contributed by atoms with Crippen LogP contribution in [0.4, 0.5) is 0 Å². The summed E-state index contributed by atoms with van der Waals surface area (Å²) in [5.41, 5.74) is 0. The third kappa shape index (κ3) is 4.25. The summed E-state index contributed by atoms with van der Waals surface area (Å²) >= 11 is 3.80. The van der Waals surface area contributed by atoms with Gasteiger partial charge in [0.05, 0.1) is 6.10 Å². The summed E-state index contributed by atoms with van der Waals surface area (Å²) < 4.78 is 5.53. The molecule has 3 saturated carbocycles. The molecule has 122 valence electrons. The molecule has 0 aromatic carbocycles. The van der Waals surface area contributed by atoms with Crippen LogP contribution in [0.1, 0.15) is 77.0 Å². The van der Waals surface area contributed by atoms with Crippen molar-refractivity contribution in [2.75, 3.05) is 7.11 Å². The Bertz CT molecular complexity index is 295. The summed E-state index contributed by atoms with van der Waals surface area (Å²) in [6.07, 6.45) is 18.0. The van der Waals surface area contributed by atoms with Gasteiger partial charge in [-0.15, -0.1) is 0 Å². The minimum atomic E-state index is 0.567. The van der Waals surface area contributed by atoms with Crippen LogP contribution in [0.5, 0.6) is 0 Å². The van der Waals surface area contributed by atoms with Crippen molar-refractivity contribution >= 4 is 15.9 Å². The van der Waals surface area contributed by atoms with Crippen LogP contribution >= 0.6 is 15.9 Å². The molecule has 0 atom stereocenters. The monoisotopic (exact) mass is 356 g/mol. The first-order chi connectivity index (χ1) is 10.3. The van der Waals surface area contributed by atoms with Gasteiger partial charge in [-0.1, -0.05) is 15.9 Å². The van der Waals surface area contributed by atoms with E-state index in [0.717, 1.165) is 28.5 Å². The van der Waals surface area contributed by atoms with Crippen molar-refractivity contribution < 1.29 is 4.74 Å². The third-order valence-electron chi connectivity index (χ3n) is 6.90. The molecule has 0 amide bonds. The average molecular weight is 357 g/mol. The van der Waals surface area contributed by atoms with Crippen LogP contribution in [0.2, 0.25) is 0 Å². The van der Waals surface area contributed by atoms with Gasteiger partial charge in [0.1, 0.15) is 0 Å². The highest BCUT2D eigenvalue weighted by Gasteiger charge is 2.34. The molecular formula is C19H33BrO. The molecule has 0 N–H and O–H groups in total. The molecule has 0 aliphatic heterocycles. The van der Waals surface area contributed by atoms with Gasteiger partial charge in [0.25, 0.3) is 0 Å². The Morgan fingerprint density at radius 1 is 0.571 bits per heavy atom. The van der Waals surface area contributed by atoms with Crippen LogP contribution in [0.3, 0.4) is 0 Å². The number of halogens is 1. The largest absolute Gasteiger partial charge is 0.381 e. The maximum Gasteiger partial charge on any atom is 0.0571 e. The van der Waals surface area contributed by atoms with Crippen molar-refractivity contribution in [3.63, 3.8) is 0 Å². The smallest absolute Gasteiger partial charge is 0.0571 e. The molecule has 0 saturated heterocycles. The van der Waals surface area contributed by atoms with Crippen molar-refractivity contribution in [1.29, 1.82) is 0 Å². The second-order valence-electron chi connectivity index (χ2n) is 7.96. The van der Waals surface area contributed by atoms with E-state index in [0.29, 0.717) is 6.10 Å². The van der Waals surface area contributed by atoms with Crippen LogP contribution in [-0.2, 0) is 4.74 Å². The fourth-order valence-electron chi connectivity index (χ4n) is 5.43. The molecule has 0 aromatic heterocycles. The Balaban J connectivity index is 1.41. The van der Waals surface area contributed by atoms with E-state index in [1.807, 2.05) is 7.11 Å². The fraction of sp³-hybridized carbons (Fsp3) is 1.00. The summed E-state index contributed by atoms with van der Waals surface area (Å²) in [6, 6.07) is 0. The fourth-order valence-corrected chi connectivity index (χ4v) is 5.96. The molecule has 3 fully saturated rings. The topological polar surface area (TPSA) is 9.23 Å². The van der Waals surface area contributed by atoms with Gasteiger partial charge in [-0.2, -0.15) is 0 Å². The molecule has 0 aromatic rings. The molecule has 3 aliphatic rings. The predicted octanol–water partition coefficient (Wildman–Crippen LogP) is 5.95. The van der Waals surface area contributed by atoms with E-state index >= 15 is 0 Å². The molecule has 0 spiro atoms. The molecule has 1 nitrogen and oxygen atoms in total. The maximum atomic E-state index is 5.53. The summed E-state index contributed by atoms with van der Waals surface area (Å²) in [6.45, 7) is 0. The van der Waals surface area contributed by atoms with Crippen LogP contribution < -0.4 is 0 Å². The lowest BCUT2D eigenvalue weighted by molar-refractivity contribution is 0.0363. The Morgan fingerprint density at radius 2 is 0.905 bits per heavy atom. The first-order valence-electron chi connectivity index (χ1n) is 9.43. The Kier molecular flexibility index (Phi) is 6.07. The molecule has 0 heterocycles. The summed E-state index contributed by atoms with van der Waals surface area (Å²) in [4.78, 5) is 0.820. The summed E-state index contributed by atoms with van der Waals surface area (Å²) in [5.74, 6) is 4.20. The van der Waals surface area contributed by atoms with Crippen LogP contribution in [0.15, 0.2) is 0 Å². The van der Waals surface area contributed by atoms with E-state index in [1.165, 1.54) is 77.0 Å². The number of hydrogen-bond acceptors (Lipinski definition) is 1. The zero-order valence-electron chi connectivity index (χ0n) is 13.7. The van der Waals surface area contributed by atoms with Crippen LogP contribution in [-0.4, -0.2) is 18.0 Å². The zero-order valence-corrected chi connectivity index (χ0v) is 15.3. The number of alkyl halides is 1. The van der Waals surface area contributed by atoms with Crippen molar-refractivity contribution in [2.24, 2.45) is 23.7 Å². The Labute approximate surface area is 139 Å². The molecule has 0 bridgehead atoms. The summed E-state index contributed by atoms with van der Waals surface area (Å²) in [5, 5.41) is 0. The van der Waals surface area contributed by atoms with E-state index in [4.69, 9.17) is 4.74 Å². The van der Waals surface area contributed by atoms with Gasteiger partial charge in [0, 0.05) is 11.9 Å². The van der Waals surface area contributed by atoms with Gasteiger partial charge in [-0.25, -0.2) is 0 Å². The Hall–Kier alpha value is 0.440. The van der Waals surface area contributed by atoms with Crippen molar-refractivity contribution in [3.05, 3.63) is 0 Å². The molecule has 3 rings (SSSR count). The molecule has 0 radical (unpaired) electrons. The van der Waals surface area contributed by atoms with Crippen LogP contribution in [0.25, 0.3) is 0 Å². The normalized spacial score (nSPS) is 45.4. The van der Waals surface area contributed by atoms with Crippen LogP contribution in [0, 0.1) is 23.7 Å². The number of rotatable bonds is 3. The third-order valence-corrected chi connectivity index (χ3v) is 7.82. The van der Waals surface area contributed by atoms with Crippen molar-refractivity contribution in [1.82, 2.24) is 0 Å². The second-order valence-corrected chi connectivity index (χ2v) is 9.25. The lowest BCUT2D eigenvalue weighted by Crippen LogP contribution is -2.30. The minimum Gasteiger partial charge on any atom is -0.381 e. The van der Waals surface area contributed by atoms with E-state index < -0.39 is 0 Å². The molecule has 0 unspecified atom stereocenters. The van der Waals surface area contributed by atoms with E-state index in [9.17, 15) is 0 Å². The highest BCUT2D eigenvalue weighted by atomic mass is 79.9. The maximum absolute atomic E-state index is 5.53. The lowest BCUT2D eigenvalue weighted by atomic mass is 9.66. The SMILES string of the molecule is COC1CCC(C2CCC(C3CCC(Br)CC3)CC2)CC1. The highest BCUT2D eigenvalue weighted by Crippen LogP contribution is 2.45. The van der Waals surface area contributed by atoms with Gasteiger partial charge in [0.2, 0.25) is 0 Å². The molecule has 3 aliphatic carbocycles. The van der Waals surface area contributed by atoms with Crippen molar-refractivity contribution in [2.45, 2.75) is 88.0 Å². The average Bonchev–Trinajstić information content (AvgIpc) is 2.56. The zero-order chi connectivity index (χ0) is 14.7. The highest BCUT2D eigenvalue weighted by molar-refractivity contribution is 9.09. The standard InChI is InChI=1S/C19H33BrO/c1-21-19-12-8-17(9-13-19)15-4-2-14(3-5-15)16-6-10-18(20)11-7-16/h14-19H,2-13H2,1H3. The van der Waals surface area contributed by atoms with E-state index in [2.05, 4.69) is 15.9 Å². The summed E-state index contributed by atoms with van der Waals surface area (Å²) in [7, 11) is 1.89. The quantitative estimate of drug-likeness (QED) is 0.567. The first-order valence-corrected chi connectivity index (χ1v) is 10.3. The second kappa shape index (κ2) is 7.81. The first kappa shape index (κ1) is 16.3. The molecule has 2 heteroatoms. The van der Waals surface area contributed by atoms with Crippen molar-refractivity contribution in [3.8, 4) is 0 Å². The van der Waals surface area contributed by atoms with Gasteiger partial charge < -0.3 is 4.74 Å². The number of ether oxygens (including phenoxy) is 1. The van der Waals surface area contributed by atoms with E-state index in [1.54, 1.807) is 0 Å². The lowest BCUT2D eigenvalue weighted by Gasteiger charge is -2.40. The van der Waals surface area contributed by atoms with Gasteiger partial charge >= 0.3 is 0 Å². The predicted molar refractivity (Wildman–Crippen MR) is 92.9 cm³/mol. The van der Waals surface area contributed by atoms with Gasteiger partial charge in [-0.05, 0) is 101 Å². The van der Waals surface area contributed by atoms with Gasteiger partial charge in [0.15, 0.2) is 0 Å². The van der Waals surface area contributed by atoms with Gasteiger partial charge in [-0.3, -0.25) is 0 Å². The molecular weight excluding hydrogens is 324 g/mol. The Morgan fingerprint density at radius 3 is 1.29 bits per heavy atom. The number of hydrogen-bond donors (Lipinski definition) is 0. The molecule has 21 heavy (non-hydrogen) atoms. The number of methoxy groups -OCH3 is 1. The minimum absolute atomic E-state index is 0.567. The van der Waals surface area contributed by atoms with E-state index in [-0.39, 0.29) is 0 Å².